The summed E-state index contributed by atoms with van der Waals surface area (Å²) in [4.78, 5) is 11.6. The highest BCUT2D eigenvalue weighted by atomic mass is 16.6. The van der Waals surface area contributed by atoms with Gasteiger partial charge in [-0.2, -0.15) is 0 Å². The quantitative estimate of drug-likeness (QED) is 0.153. The number of aliphatic hydroxyl groups is 1. The van der Waals surface area contributed by atoms with Gasteiger partial charge in [0.15, 0.2) is 0 Å². The molecule has 3 unspecified atom stereocenters. The average molecular weight is 395 g/mol. The molecule has 0 bridgehead atoms. The summed E-state index contributed by atoms with van der Waals surface area (Å²) >= 11 is 0. The number of cyclic esters (lactones) is 1. The Labute approximate surface area is 174 Å². The van der Waals surface area contributed by atoms with Crippen LogP contribution in [0, 0.1) is 5.92 Å². The van der Waals surface area contributed by atoms with E-state index in [0.717, 1.165) is 19.3 Å². The van der Waals surface area contributed by atoms with E-state index < -0.39 is 6.10 Å². The number of ether oxygens (including phenoxy) is 1. The Hall–Kier alpha value is -0.830. The van der Waals surface area contributed by atoms with Gasteiger partial charge < -0.3 is 9.84 Å². The smallest absolute Gasteiger partial charge is 0.312 e. The third-order valence-electron chi connectivity index (χ3n) is 6.02. The first-order valence-corrected chi connectivity index (χ1v) is 12.2. The third kappa shape index (κ3) is 11.9. The second-order valence-corrected chi connectivity index (χ2v) is 8.67. The average Bonchev–Trinajstić information content (AvgIpc) is 2.92. The van der Waals surface area contributed by atoms with E-state index in [0.29, 0.717) is 0 Å². The molecular formula is C25H46O3. The largest absolute Gasteiger partial charge is 0.460 e. The fourth-order valence-electron chi connectivity index (χ4n) is 4.06. The number of carbonyl (C=O) groups excluding carboxylic acids is 1. The van der Waals surface area contributed by atoms with Crippen LogP contribution in [0.3, 0.4) is 0 Å². The number of hydrogen-bond donors (Lipinski definition) is 1. The summed E-state index contributed by atoms with van der Waals surface area (Å²) in [6.45, 7) is 4.04. The van der Waals surface area contributed by atoms with Crippen LogP contribution < -0.4 is 0 Å². The van der Waals surface area contributed by atoms with E-state index in [9.17, 15) is 9.90 Å². The molecule has 0 amide bonds. The molecule has 1 N–H and O–H groups in total. The second kappa shape index (κ2) is 17.1. The Balaban J connectivity index is 1.78. The van der Waals surface area contributed by atoms with E-state index in [4.69, 9.17) is 4.74 Å². The second-order valence-electron chi connectivity index (χ2n) is 8.67. The Kier molecular flexibility index (Phi) is 15.4. The van der Waals surface area contributed by atoms with Crippen molar-refractivity contribution in [3.63, 3.8) is 0 Å². The molecule has 0 aliphatic carbocycles. The van der Waals surface area contributed by atoms with Crippen molar-refractivity contribution < 1.29 is 14.6 Å². The van der Waals surface area contributed by atoms with Gasteiger partial charge in [0.25, 0.3) is 0 Å². The number of unbranched alkanes of at least 4 members (excludes halogenated alkanes) is 14. The lowest BCUT2D eigenvalue weighted by atomic mass is 9.95. The molecule has 1 fully saturated rings. The topological polar surface area (TPSA) is 46.5 Å². The minimum atomic E-state index is -0.604. The molecule has 0 aromatic rings. The highest BCUT2D eigenvalue weighted by molar-refractivity contribution is 5.75. The maximum absolute atomic E-state index is 11.6. The number of rotatable bonds is 18. The first-order valence-electron chi connectivity index (χ1n) is 12.2. The Morgan fingerprint density at radius 3 is 1.71 bits per heavy atom. The minimum Gasteiger partial charge on any atom is -0.460 e. The SMILES string of the molecule is CCCCCCCCC=CCCCCCCCCCCC1C(=O)OC(C)C1O. The first kappa shape index (κ1) is 25.2. The fourth-order valence-corrected chi connectivity index (χ4v) is 4.06. The molecule has 1 heterocycles. The Morgan fingerprint density at radius 1 is 0.786 bits per heavy atom. The molecule has 1 saturated heterocycles. The van der Waals surface area contributed by atoms with Gasteiger partial charge in [-0.15, -0.1) is 0 Å². The van der Waals surface area contributed by atoms with E-state index >= 15 is 0 Å². The molecule has 1 rings (SSSR count). The predicted octanol–water partition coefficient (Wildman–Crippen LogP) is 7.12. The van der Waals surface area contributed by atoms with Gasteiger partial charge in [-0.1, -0.05) is 96.1 Å². The van der Waals surface area contributed by atoms with Crippen LogP contribution in [-0.4, -0.2) is 23.3 Å². The molecular weight excluding hydrogens is 348 g/mol. The summed E-state index contributed by atoms with van der Waals surface area (Å²) in [5.41, 5.74) is 0. The molecule has 3 nitrogen and oxygen atoms in total. The maximum Gasteiger partial charge on any atom is 0.312 e. The number of hydrogen-bond acceptors (Lipinski definition) is 3. The molecule has 3 atom stereocenters. The summed E-state index contributed by atoms with van der Waals surface area (Å²) in [7, 11) is 0. The zero-order valence-corrected chi connectivity index (χ0v) is 18.7. The molecule has 0 saturated carbocycles. The van der Waals surface area contributed by atoms with Crippen LogP contribution in [-0.2, 0) is 9.53 Å². The van der Waals surface area contributed by atoms with E-state index in [2.05, 4.69) is 19.1 Å². The van der Waals surface area contributed by atoms with Crippen molar-refractivity contribution in [3.8, 4) is 0 Å². The molecule has 3 heteroatoms. The van der Waals surface area contributed by atoms with Crippen molar-refractivity contribution in [2.45, 2.75) is 135 Å². The van der Waals surface area contributed by atoms with Gasteiger partial charge in [0.2, 0.25) is 0 Å². The zero-order valence-electron chi connectivity index (χ0n) is 18.7. The van der Waals surface area contributed by atoms with Crippen molar-refractivity contribution in [1.29, 1.82) is 0 Å². The zero-order chi connectivity index (χ0) is 20.5. The number of aliphatic hydroxyl groups excluding tert-OH is 1. The van der Waals surface area contributed by atoms with Crippen LogP contribution >= 0.6 is 0 Å². The molecule has 1 aliphatic rings. The fraction of sp³-hybridized carbons (Fsp3) is 0.880. The summed E-state index contributed by atoms with van der Waals surface area (Å²) in [5, 5.41) is 9.92. The van der Waals surface area contributed by atoms with Crippen molar-refractivity contribution >= 4 is 5.97 Å². The molecule has 28 heavy (non-hydrogen) atoms. The lowest BCUT2D eigenvalue weighted by molar-refractivity contribution is -0.143. The normalized spacial score (nSPS) is 22.2. The van der Waals surface area contributed by atoms with E-state index in [1.54, 1.807) is 6.92 Å². The van der Waals surface area contributed by atoms with Crippen LogP contribution in [0.25, 0.3) is 0 Å². The number of allylic oxidation sites excluding steroid dienone is 2. The van der Waals surface area contributed by atoms with Gasteiger partial charge in [0.1, 0.15) is 12.2 Å². The van der Waals surface area contributed by atoms with Crippen molar-refractivity contribution in [2.24, 2.45) is 5.92 Å². The standard InChI is InChI=1S/C25H46O3/c1-3-4-5-6-7-8-9-10-11-12-13-14-15-16-17-18-19-20-21-23-24(26)22(2)28-25(23)27/h10-11,22-24,26H,3-9,12-21H2,1-2H3. The number of carbonyl (C=O) groups is 1. The number of esters is 1. The first-order chi connectivity index (χ1) is 13.7. The van der Waals surface area contributed by atoms with E-state index in [1.807, 2.05) is 0 Å². The van der Waals surface area contributed by atoms with Crippen LogP contribution in [0.4, 0.5) is 0 Å². The highest BCUT2D eigenvalue weighted by Gasteiger charge is 2.40. The van der Waals surface area contributed by atoms with E-state index in [1.165, 1.54) is 89.9 Å². The summed E-state index contributed by atoms with van der Waals surface area (Å²) < 4.78 is 5.08. The maximum atomic E-state index is 11.6. The van der Waals surface area contributed by atoms with Crippen LogP contribution in [0.15, 0.2) is 12.2 Å². The summed E-state index contributed by atoms with van der Waals surface area (Å²) in [5.74, 6) is -0.495. The van der Waals surface area contributed by atoms with Gasteiger partial charge in [-0.05, 0) is 39.0 Å². The lowest BCUT2D eigenvalue weighted by Gasteiger charge is -2.11. The molecule has 164 valence electrons. The monoisotopic (exact) mass is 394 g/mol. The third-order valence-corrected chi connectivity index (χ3v) is 6.02. The molecule has 1 aliphatic heterocycles. The van der Waals surface area contributed by atoms with Crippen molar-refractivity contribution in [2.75, 3.05) is 0 Å². The molecule has 0 aromatic heterocycles. The highest BCUT2D eigenvalue weighted by Crippen LogP contribution is 2.26. The van der Waals surface area contributed by atoms with Gasteiger partial charge in [-0.25, -0.2) is 0 Å². The Morgan fingerprint density at radius 2 is 1.25 bits per heavy atom. The predicted molar refractivity (Wildman–Crippen MR) is 118 cm³/mol. The van der Waals surface area contributed by atoms with Crippen LogP contribution in [0.5, 0.6) is 0 Å². The van der Waals surface area contributed by atoms with Gasteiger partial charge in [-0.3, -0.25) is 4.79 Å². The van der Waals surface area contributed by atoms with Crippen LogP contribution in [0.2, 0.25) is 0 Å². The van der Waals surface area contributed by atoms with Gasteiger partial charge in [0, 0.05) is 0 Å². The molecule has 0 spiro atoms. The molecule has 0 radical (unpaired) electrons. The Bertz CT molecular complexity index is 405. The van der Waals surface area contributed by atoms with E-state index in [-0.39, 0.29) is 18.0 Å². The molecule has 0 aromatic carbocycles. The summed E-state index contributed by atoms with van der Waals surface area (Å²) in [6, 6.07) is 0. The van der Waals surface area contributed by atoms with Crippen molar-refractivity contribution in [1.82, 2.24) is 0 Å². The lowest BCUT2D eigenvalue weighted by Crippen LogP contribution is -2.24. The van der Waals surface area contributed by atoms with Crippen molar-refractivity contribution in [3.05, 3.63) is 12.2 Å². The summed E-state index contributed by atoms with van der Waals surface area (Å²) in [6.07, 6.45) is 25.5. The minimum absolute atomic E-state index is 0.207. The van der Waals surface area contributed by atoms with Gasteiger partial charge in [0.05, 0.1) is 5.92 Å². The van der Waals surface area contributed by atoms with Gasteiger partial charge >= 0.3 is 5.97 Å². The van der Waals surface area contributed by atoms with Crippen LogP contribution in [0.1, 0.15) is 123 Å².